The van der Waals surface area contributed by atoms with E-state index in [1.807, 2.05) is 0 Å². The minimum Gasteiger partial charge on any atom is -0.481 e. The number of carboxylic acid groups (broad SMARTS) is 1. The zero-order valence-corrected chi connectivity index (χ0v) is 10.7. The smallest absolute Gasteiger partial charge is 0.341 e. The second-order valence-electron chi connectivity index (χ2n) is 4.10. The predicted octanol–water partition coefficient (Wildman–Crippen LogP) is 0.945. The van der Waals surface area contributed by atoms with Crippen LogP contribution in [0.2, 0.25) is 0 Å². The summed E-state index contributed by atoms with van der Waals surface area (Å²) in [6.07, 6.45) is 1.06. The van der Waals surface area contributed by atoms with Crippen LogP contribution in [0, 0.1) is 11.6 Å². The van der Waals surface area contributed by atoms with E-state index in [0.29, 0.717) is 0 Å². The van der Waals surface area contributed by atoms with E-state index in [4.69, 9.17) is 14.9 Å². The Morgan fingerprint density at radius 2 is 1.95 bits per heavy atom. The lowest BCUT2D eigenvalue weighted by atomic mass is 10.3. The first kappa shape index (κ1) is 14.6. The topological polar surface area (TPSA) is 113 Å². The first-order valence-electron chi connectivity index (χ1n) is 5.28. The van der Waals surface area contributed by atoms with Gasteiger partial charge in [-0.05, 0) is 0 Å². The number of benzene rings is 1. The van der Waals surface area contributed by atoms with E-state index in [1.165, 1.54) is 0 Å². The molecule has 10 heteroatoms. The molecular weight excluding hydrogens is 297 g/mol. The van der Waals surface area contributed by atoms with Gasteiger partial charge in [-0.15, -0.1) is 0 Å². The molecule has 0 amide bonds. The van der Waals surface area contributed by atoms with E-state index in [0.717, 1.165) is 23.0 Å². The fourth-order valence-corrected chi connectivity index (χ4v) is 2.39. The highest BCUT2D eigenvalue weighted by Gasteiger charge is 2.36. The number of aromatic nitrogens is 2. The Morgan fingerprint density at radius 1 is 1.35 bits per heavy atom. The second-order valence-corrected chi connectivity index (χ2v) is 5.90. The largest absolute Gasteiger partial charge is 0.481 e. The van der Waals surface area contributed by atoms with Gasteiger partial charge in [0, 0.05) is 18.7 Å². The van der Waals surface area contributed by atoms with Crippen LogP contribution < -0.4 is 0 Å². The standard InChI is InChI=1S/C10H9F2N2O5P/c11-5-1-7-8(2-6(5)12)14(4-13-7)3-9(10(15)16)20(17,18)19/h1-2,4,9H,3H2,(H,15,16)(H2,17,18,19). The number of fused-ring (bicyclic) bond motifs is 1. The molecule has 0 fully saturated rings. The molecule has 7 nitrogen and oxygen atoms in total. The molecule has 1 atom stereocenters. The van der Waals surface area contributed by atoms with Gasteiger partial charge in [0.15, 0.2) is 17.3 Å². The molecule has 0 aliphatic carbocycles. The summed E-state index contributed by atoms with van der Waals surface area (Å²) >= 11 is 0. The quantitative estimate of drug-likeness (QED) is 0.725. The fraction of sp³-hybridized carbons (Fsp3) is 0.200. The number of hydrogen-bond acceptors (Lipinski definition) is 3. The molecule has 1 aromatic carbocycles. The van der Waals surface area contributed by atoms with Crippen LogP contribution in [0.25, 0.3) is 11.0 Å². The van der Waals surface area contributed by atoms with Crippen LogP contribution in [0.1, 0.15) is 0 Å². The monoisotopic (exact) mass is 306 g/mol. The van der Waals surface area contributed by atoms with E-state index in [-0.39, 0.29) is 11.0 Å². The highest BCUT2D eigenvalue weighted by molar-refractivity contribution is 7.53. The lowest BCUT2D eigenvalue weighted by Crippen LogP contribution is -2.25. The van der Waals surface area contributed by atoms with Gasteiger partial charge in [-0.3, -0.25) is 9.36 Å². The summed E-state index contributed by atoms with van der Waals surface area (Å²) in [7, 11) is -4.89. The second kappa shape index (κ2) is 4.93. The molecule has 0 saturated carbocycles. The summed E-state index contributed by atoms with van der Waals surface area (Å²) in [5.41, 5.74) is -1.89. The van der Waals surface area contributed by atoms with Crippen molar-refractivity contribution >= 4 is 24.6 Å². The summed E-state index contributed by atoms with van der Waals surface area (Å²) in [6.45, 7) is -0.610. The lowest BCUT2D eigenvalue weighted by Gasteiger charge is -2.15. The van der Waals surface area contributed by atoms with Crippen molar-refractivity contribution in [3.8, 4) is 0 Å². The van der Waals surface area contributed by atoms with Crippen LogP contribution in [0.5, 0.6) is 0 Å². The molecule has 3 N–H and O–H groups in total. The molecule has 108 valence electrons. The zero-order chi connectivity index (χ0) is 15.1. The number of nitrogens with zero attached hydrogens (tertiary/aromatic N) is 2. The number of hydrogen-bond donors (Lipinski definition) is 3. The summed E-state index contributed by atoms with van der Waals surface area (Å²) in [6, 6.07) is 1.60. The highest BCUT2D eigenvalue weighted by atomic mass is 31.2. The Hall–Kier alpha value is -1.83. The van der Waals surface area contributed by atoms with Crippen LogP contribution in [0.3, 0.4) is 0 Å². The number of rotatable bonds is 4. The van der Waals surface area contributed by atoms with Gasteiger partial charge in [0.1, 0.15) is 0 Å². The number of imidazole rings is 1. The van der Waals surface area contributed by atoms with E-state index < -0.39 is 37.4 Å². The van der Waals surface area contributed by atoms with E-state index in [9.17, 15) is 18.1 Å². The van der Waals surface area contributed by atoms with Crippen LogP contribution >= 0.6 is 7.60 Å². The third-order valence-electron chi connectivity index (χ3n) is 2.72. The zero-order valence-electron chi connectivity index (χ0n) is 9.77. The Balaban J connectivity index is 2.46. The van der Waals surface area contributed by atoms with Crippen LogP contribution in [0.4, 0.5) is 8.78 Å². The summed E-state index contributed by atoms with van der Waals surface area (Å²) in [5, 5.41) is 8.82. The molecule has 0 aliphatic rings. The van der Waals surface area contributed by atoms with E-state index in [2.05, 4.69) is 4.98 Å². The summed E-state index contributed by atoms with van der Waals surface area (Å²) < 4.78 is 38.3. The first-order chi connectivity index (χ1) is 9.20. The lowest BCUT2D eigenvalue weighted by molar-refractivity contribution is -0.137. The highest BCUT2D eigenvalue weighted by Crippen LogP contribution is 2.42. The van der Waals surface area contributed by atoms with Gasteiger partial charge >= 0.3 is 13.6 Å². The van der Waals surface area contributed by atoms with Gasteiger partial charge < -0.3 is 19.5 Å². The SMILES string of the molecule is O=C(O)C(Cn1cnc2cc(F)c(F)cc21)P(=O)(O)O. The van der Waals surface area contributed by atoms with Crippen molar-refractivity contribution in [3.05, 3.63) is 30.1 Å². The molecular formula is C10H9F2N2O5P. The minimum absolute atomic E-state index is 0.0450. The number of aliphatic carboxylic acids is 1. The molecule has 2 aromatic rings. The summed E-state index contributed by atoms with van der Waals surface area (Å²) in [5.74, 6) is -3.97. The fourth-order valence-electron chi connectivity index (χ4n) is 1.71. The minimum atomic E-state index is -4.89. The molecule has 0 radical (unpaired) electrons. The maximum atomic E-state index is 13.2. The van der Waals surface area contributed by atoms with E-state index >= 15 is 0 Å². The number of carbonyl (C=O) groups is 1. The molecule has 0 aliphatic heterocycles. The van der Waals surface area contributed by atoms with Gasteiger partial charge in [-0.2, -0.15) is 0 Å². The maximum absolute atomic E-state index is 13.2. The Morgan fingerprint density at radius 3 is 2.50 bits per heavy atom. The van der Waals surface area contributed by atoms with Crippen LogP contribution in [-0.2, 0) is 15.9 Å². The predicted molar refractivity (Wildman–Crippen MR) is 63.1 cm³/mol. The molecule has 2 rings (SSSR count). The molecule has 0 spiro atoms. The van der Waals surface area contributed by atoms with Gasteiger partial charge in [0.25, 0.3) is 0 Å². The first-order valence-corrected chi connectivity index (χ1v) is 6.96. The maximum Gasteiger partial charge on any atom is 0.341 e. The molecule has 0 saturated heterocycles. The van der Waals surface area contributed by atoms with Crippen LogP contribution in [0.15, 0.2) is 18.5 Å². The van der Waals surface area contributed by atoms with E-state index in [1.54, 1.807) is 0 Å². The van der Waals surface area contributed by atoms with Gasteiger partial charge in [0.05, 0.1) is 17.4 Å². The molecule has 20 heavy (non-hydrogen) atoms. The normalized spacial score (nSPS) is 13.6. The van der Waals surface area contributed by atoms with Crippen molar-refractivity contribution in [2.75, 3.05) is 0 Å². The van der Waals surface area contributed by atoms with Crippen molar-refractivity contribution in [3.63, 3.8) is 0 Å². The Labute approximate surface area is 110 Å². The van der Waals surface area contributed by atoms with Crippen molar-refractivity contribution in [1.29, 1.82) is 0 Å². The Bertz CT molecular complexity index is 726. The van der Waals surface area contributed by atoms with Crippen molar-refractivity contribution in [2.24, 2.45) is 0 Å². The van der Waals surface area contributed by atoms with Gasteiger partial charge in [0.2, 0.25) is 0 Å². The van der Waals surface area contributed by atoms with Crippen LogP contribution in [-0.4, -0.2) is 36.1 Å². The van der Waals surface area contributed by atoms with Crippen molar-refractivity contribution in [1.82, 2.24) is 9.55 Å². The number of halogens is 2. The third kappa shape index (κ3) is 2.69. The van der Waals surface area contributed by atoms with Crippen molar-refractivity contribution in [2.45, 2.75) is 12.2 Å². The summed E-state index contributed by atoms with van der Waals surface area (Å²) in [4.78, 5) is 32.6. The molecule has 0 bridgehead atoms. The average molecular weight is 306 g/mol. The third-order valence-corrected chi connectivity index (χ3v) is 3.92. The Kier molecular flexibility index (Phi) is 3.59. The molecule has 1 heterocycles. The molecule has 1 aromatic heterocycles. The van der Waals surface area contributed by atoms with Gasteiger partial charge in [-0.1, -0.05) is 0 Å². The average Bonchev–Trinajstić information content (AvgIpc) is 2.67. The van der Waals surface area contributed by atoms with Gasteiger partial charge in [-0.25, -0.2) is 13.8 Å². The van der Waals surface area contributed by atoms with Crippen molar-refractivity contribution < 1.29 is 33.0 Å². The molecule has 1 unspecified atom stereocenters. The number of carboxylic acids is 1.